The Balaban J connectivity index is 1.74. The minimum absolute atomic E-state index is 0.00513. The maximum atomic E-state index is 13.1. The molecule has 110 valence electrons. The van der Waals surface area contributed by atoms with Crippen molar-refractivity contribution in [3.8, 4) is 0 Å². The summed E-state index contributed by atoms with van der Waals surface area (Å²) >= 11 is 0. The van der Waals surface area contributed by atoms with E-state index >= 15 is 0 Å². The van der Waals surface area contributed by atoms with Gasteiger partial charge in [-0.3, -0.25) is 9.59 Å². The molecule has 1 aromatic carbocycles. The average molecular weight is 282 g/mol. The molecule has 0 aromatic heterocycles. The van der Waals surface area contributed by atoms with Crippen molar-refractivity contribution in [2.24, 2.45) is 23.2 Å². The van der Waals surface area contributed by atoms with Crippen LogP contribution in [0.3, 0.4) is 0 Å². The van der Waals surface area contributed by atoms with E-state index in [9.17, 15) is 9.59 Å². The Morgan fingerprint density at radius 2 is 1.95 bits per heavy atom. The van der Waals surface area contributed by atoms with E-state index < -0.39 is 0 Å². The van der Waals surface area contributed by atoms with Crippen LogP contribution in [0.15, 0.2) is 30.3 Å². The summed E-state index contributed by atoms with van der Waals surface area (Å²) in [5.74, 6) is 1.73. The number of carbonyl (C=O) groups is 2. The van der Waals surface area contributed by atoms with Crippen LogP contribution in [0.1, 0.15) is 55.3 Å². The summed E-state index contributed by atoms with van der Waals surface area (Å²) in [5, 5.41) is 0. The average Bonchev–Trinajstić information content (AvgIpc) is 2.71. The van der Waals surface area contributed by atoms with E-state index in [1.165, 1.54) is 19.3 Å². The molecule has 4 rings (SSSR count). The molecule has 4 atom stereocenters. The van der Waals surface area contributed by atoms with Crippen LogP contribution in [0.4, 0.5) is 0 Å². The Morgan fingerprint density at radius 3 is 2.76 bits per heavy atom. The first kappa shape index (κ1) is 13.2. The van der Waals surface area contributed by atoms with Gasteiger partial charge in [0.15, 0.2) is 5.78 Å². The van der Waals surface area contributed by atoms with Gasteiger partial charge in [0.2, 0.25) is 0 Å². The molecule has 3 unspecified atom stereocenters. The van der Waals surface area contributed by atoms with Gasteiger partial charge in [0.05, 0.1) is 0 Å². The summed E-state index contributed by atoms with van der Waals surface area (Å²) in [7, 11) is 0. The zero-order chi connectivity index (χ0) is 14.4. The fourth-order valence-electron chi connectivity index (χ4n) is 5.60. The Bertz CT molecular complexity index is 576. The van der Waals surface area contributed by atoms with Gasteiger partial charge in [-0.2, -0.15) is 0 Å². The molecule has 2 heteroatoms. The molecular weight excluding hydrogens is 260 g/mol. The number of Topliss-reactive ketones (excluding diaryl/α,β-unsaturated/α-hetero) is 2. The third kappa shape index (κ3) is 1.91. The normalized spacial score (nSPS) is 38.1. The molecule has 3 aliphatic rings. The fourth-order valence-corrected chi connectivity index (χ4v) is 5.60. The summed E-state index contributed by atoms with van der Waals surface area (Å²) < 4.78 is 0. The zero-order valence-corrected chi connectivity index (χ0v) is 12.4. The van der Waals surface area contributed by atoms with Crippen LogP contribution in [0, 0.1) is 23.2 Å². The van der Waals surface area contributed by atoms with Crippen LogP contribution in [0.5, 0.6) is 0 Å². The van der Waals surface area contributed by atoms with Crippen molar-refractivity contribution in [3.05, 3.63) is 35.9 Å². The van der Waals surface area contributed by atoms with Gasteiger partial charge in [-0.25, -0.2) is 0 Å². The molecule has 2 bridgehead atoms. The third-order valence-electron chi connectivity index (χ3n) is 6.29. The van der Waals surface area contributed by atoms with E-state index in [0.29, 0.717) is 36.2 Å². The highest BCUT2D eigenvalue weighted by molar-refractivity contribution is 6.00. The Kier molecular flexibility index (Phi) is 3.02. The van der Waals surface area contributed by atoms with Gasteiger partial charge in [-0.15, -0.1) is 0 Å². The second-order valence-electron chi connectivity index (χ2n) is 7.30. The van der Waals surface area contributed by atoms with Gasteiger partial charge in [-0.1, -0.05) is 43.2 Å². The van der Waals surface area contributed by atoms with Crippen LogP contribution in [0.25, 0.3) is 0 Å². The largest absolute Gasteiger partial charge is 0.300 e. The van der Waals surface area contributed by atoms with E-state index in [-0.39, 0.29) is 11.3 Å². The van der Waals surface area contributed by atoms with Crippen molar-refractivity contribution in [1.82, 2.24) is 0 Å². The lowest BCUT2D eigenvalue weighted by Crippen LogP contribution is -2.44. The molecule has 2 nitrogen and oxygen atoms in total. The molecule has 3 aliphatic carbocycles. The Morgan fingerprint density at radius 1 is 1.14 bits per heavy atom. The molecule has 1 spiro atoms. The lowest BCUT2D eigenvalue weighted by molar-refractivity contribution is -0.126. The highest BCUT2D eigenvalue weighted by Crippen LogP contribution is 2.64. The van der Waals surface area contributed by atoms with Gasteiger partial charge in [0, 0.05) is 24.3 Å². The molecule has 0 N–H and O–H groups in total. The second kappa shape index (κ2) is 4.79. The van der Waals surface area contributed by atoms with Crippen LogP contribution < -0.4 is 0 Å². The lowest BCUT2D eigenvalue weighted by Gasteiger charge is -2.45. The number of rotatable bonds is 2. The molecule has 0 aliphatic heterocycles. The minimum Gasteiger partial charge on any atom is -0.300 e. The first-order chi connectivity index (χ1) is 10.2. The van der Waals surface area contributed by atoms with Crippen LogP contribution in [-0.2, 0) is 4.79 Å². The van der Waals surface area contributed by atoms with Gasteiger partial charge < -0.3 is 0 Å². The smallest absolute Gasteiger partial charge is 0.166 e. The first-order valence-electron chi connectivity index (χ1n) is 8.32. The van der Waals surface area contributed by atoms with E-state index in [2.05, 4.69) is 0 Å². The number of ketones is 2. The highest BCUT2D eigenvalue weighted by Gasteiger charge is 2.61. The Labute approximate surface area is 125 Å². The molecule has 0 amide bonds. The van der Waals surface area contributed by atoms with Crippen molar-refractivity contribution in [2.45, 2.75) is 44.9 Å². The SMILES string of the molecule is O=C1CC2CC3CCCCC3(C1)[C@H]2C(=O)c1ccccc1. The molecule has 21 heavy (non-hydrogen) atoms. The predicted octanol–water partition coefficient (Wildman–Crippen LogP) is 4.04. The van der Waals surface area contributed by atoms with Gasteiger partial charge in [-0.05, 0) is 36.5 Å². The van der Waals surface area contributed by atoms with Crippen molar-refractivity contribution in [3.63, 3.8) is 0 Å². The van der Waals surface area contributed by atoms with E-state index in [0.717, 1.165) is 18.4 Å². The fraction of sp³-hybridized carbons (Fsp3) is 0.579. The molecule has 3 fully saturated rings. The second-order valence-corrected chi connectivity index (χ2v) is 7.30. The molecule has 0 saturated heterocycles. The van der Waals surface area contributed by atoms with E-state index in [1.54, 1.807) is 0 Å². The van der Waals surface area contributed by atoms with Crippen LogP contribution in [0.2, 0.25) is 0 Å². The van der Waals surface area contributed by atoms with Gasteiger partial charge in [0.25, 0.3) is 0 Å². The molecule has 0 heterocycles. The summed E-state index contributed by atoms with van der Waals surface area (Å²) in [4.78, 5) is 25.3. The summed E-state index contributed by atoms with van der Waals surface area (Å²) in [6, 6.07) is 9.72. The van der Waals surface area contributed by atoms with Gasteiger partial charge >= 0.3 is 0 Å². The number of hydrogen-bond acceptors (Lipinski definition) is 2. The van der Waals surface area contributed by atoms with Crippen LogP contribution in [-0.4, -0.2) is 11.6 Å². The maximum Gasteiger partial charge on any atom is 0.166 e. The number of hydrogen-bond donors (Lipinski definition) is 0. The quantitative estimate of drug-likeness (QED) is 0.767. The van der Waals surface area contributed by atoms with E-state index in [4.69, 9.17) is 0 Å². The number of benzene rings is 1. The van der Waals surface area contributed by atoms with Crippen molar-refractivity contribution in [2.75, 3.05) is 0 Å². The van der Waals surface area contributed by atoms with Crippen molar-refractivity contribution in [1.29, 1.82) is 0 Å². The third-order valence-corrected chi connectivity index (χ3v) is 6.29. The molecule has 3 saturated carbocycles. The summed E-state index contributed by atoms with van der Waals surface area (Å²) in [5.41, 5.74) is 0.845. The minimum atomic E-state index is 0.00513. The molecule has 1 aromatic rings. The molecule has 0 radical (unpaired) electrons. The van der Waals surface area contributed by atoms with Gasteiger partial charge in [0.1, 0.15) is 5.78 Å². The van der Waals surface area contributed by atoms with Crippen molar-refractivity contribution < 1.29 is 9.59 Å². The highest BCUT2D eigenvalue weighted by atomic mass is 16.1. The monoisotopic (exact) mass is 282 g/mol. The topological polar surface area (TPSA) is 34.1 Å². The number of carbonyl (C=O) groups excluding carboxylic acids is 2. The summed E-state index contributed by atoms with van der Waals surface area (Å²) in [6.07, 6.45) is 7.19. The summed E-state index contributed by atoms with van der Waals surface area (Å²) in [6.45, 7) is 0. The zero-order valence-electron chi connectivity index (χ0n) is 12.4. The number of fused-ring (bicyclic) bond motifs is 1. The predicted molar refractivity (Wildman–Crippen MR) is 81.0 cm³/mol. The standard InChI is InChI=1S/C19H22O2/c20-16-11-14-10-15-8-4-5-9-19(15,12-16)17(14)18(21)13-6-2-1-3-7-13/h1-3,6-7,14-15,17H,4-5,8-12H2/t14?,15?,17-,19?/m1/s1. The Hall–Kier alpha value is -1.44. The molecular formula is C19H22O2. The maximum absolute atomic E-state index is 13.1. The van der Waals surface area contributed by atoms with Crippen molar-refractivity contribution >= 4 is 11.6 Å². The van der Waals surface area contributed by atoms with E-state index in [1.807, 2.05) is 30.3 Å². The lowest BCUT2D eigenvalue weighted by atomic mass is 9.57. The van der Waals surface area contributed by atoms with Crippen LogP contribution >= 0.6 is 0 Å². The first-order valence-corrected chi connectivity index (χ1v) is 8.32.